The van der Waals surface area contributed by atoms with Crippen molar-refractivity contribution in [3.05, 3.63) is 41.2 Å². The van der Waals surface area contributed by atoms with Crippen LogP contribution in [0.2, 0.25) is 0 Å². The van der Waals surface area contributed by atoms with E-state index in [4.69, 9.17) is 6.42 Å². The van der Waals surface area contributed by atoms with E-state index < -0.39 is 0 Å². The molecule has 0 unspecified atom stereocenters. The van der Waals surface area contributed by atoms with Crippen LogP contribution in [-0.2, 0) is 0 Å². The minimum atomic E-state index is -0.243. The first-order chi connectivity index (χ1) is 8.77. The number of hydrogen-bond donors (Lipinski definition) is 0. The predicted octanol–water partition coefficient (Wildman–Crippen LogP) is 5.18. The monoisotopic (exact) mass is 244 g/mol. The second-order valence-corrected chi connectivity index (χ2v) is 4.49. The van der Waals surface area contributed by atoms with Gasteiger partial charge in [0.05, 0.1) is 0 Å². The molecule has 0 saturated carbocycles. The topological polar surface area (TPSA) is 0 Å². The SMILES string of the molecule is C#Cc1ccc(/C=C/CCCCCCC)c(F)c1. The highest BCUT2D eigenvalue weighted by molar-refractivity contribution is 5.52. The van der Waals surface area contributed by atoms with Gasteiger partial charge in [0.1, 0.15) is 5.82 Å². The van der Waals surface area contributed by atoms with Gasteiger partial charge in [0.15, 0.2) is 0 Å². The summed E-state index contributed by atoms with van der Waals surface area (Å²) in [5, 5.41) is 0. The molecule has 0 aliphatic heterocycles. The van der Waals surface area contributed by atoms with Gasteiger partial charge in [0.25, 0.3) is 0 Å². The molecule has 0 fully saturated rings. The van der Waals surface area contributed by atoms with E-state index in [0.717, 1.165) is 6.42 Å². The zero-order chi connectivity index (χ0) is 13.2. The fourth-order valence-electron chi connectivity index (χ4n) is 1.83. The Morgan fingerprint density at radius 2 is 2.00 bits per heavy atom. The van der Waals surface area contributed by atoms with Crippen LogP contribution in [0.1, 0.15) is 56.6 Å². The number of unbranched alkanes of at least 4 members (excludes halogenated alkanes) is 5. The molecule has 0 spiro atoms. The fraction of sp³-hybridized carbons (Fsp3) is 0.412. The molecule has 1 aromatic carbocycles. The Hall–Kier alpha value is -1.55. The second-order valence-electron chi connectivity index (χ2n) is 4.49. The third kappa shape index (κ3) is 5.19. The molecule has 0 radical (unpaired) electrons. The first-order valence-electron chi connectivity index (χ1n) is 6.70. The molecule has 0 amide bonds. The molecule has 0 N–H and O–H groups in total. The summed E-state index contributed by atoms with van der Waals surface area (Å²) in [5.74, 6) is 2.18. The molecular weight excluding hydrogens is 223 g/mol. The molecule has 0 aliphatic rings. The van der Waals surface area contributed by atoms with Gasteiger partial charge in [-0.1, -0.05) is 56.7 Å². The van der Waals surface area contributed by atoms with Crippen molar-refractivity contribution in [1.29, 1.82) is 0 Å². The van der Waals surface area contributed by atoms with Gasteiger partial charge in [-0.2, -0.15) is 0 Å². The second kappa shape index (κ2) is 8.53. The lowest BCUT2D eigenvalue weighted by molar-refractivity contribution is 0.624. The van der Waals surface area contributed by atoms with Crippen LogP contribution in [0.3, 0.4) is 0 Å². The molecule has 0 aromatic heterocycles. The summed E-state index contributed by atoms with van der Waals surface area (Å²) in [5.41, 5.74) is 1.20. The Labute approximate surface area is 110 Å². The Bertz CT molecular complexity index is 424. The summed E-state index contributed by atoms with van der Waals surface area (Å²) in [7, 11) is 0. The number of terminal acetylenes is 1. The molecular formula is C17H21F. The quantitative estimate of drug-likeness (QED) is 0.458. The van der Waals surface area contributed by atoms with E-state index in [2.05, 4.69) is 12.8 Å². The maximum atomic E-state index is 13.6. The van der Waals surface area contributed by atoms with Crippen LogP contribution >= 0.6 is 0 Å². The number of rotatable bonds is 7. The normalized spacial score (nSPS) is 10.7. The van der Waals surface area contributed by atoms with Crippen molar-refractivity contribution in [2.24, 2.45) is 0 Å². The molecule has 1 rings (SSSR count). The average Bonchev–Trinajstić information content (AvgIpc) is 2.39. The fourth-order valence-corrected chi connectivity index (χ4v) is 1.83. The van der Waals surface area contributed by atoms with Crippen molar-refractivity contribution >= 4 is 6.08 Å². The van der Waals surface area contributed by atoms with Crippen LogP contribution in [0.25, 0.3) is 6.08 Å². The first kappa shape index (κ1) is 14.5. The number of halogens is 1. The smallest absolute Gasteiger partial charge is 0.131 e. The molecule has 0 heterocycles. The van der Waals surface area contributed by atoms with Gasteiger partial charge in [-0.25, -0.2) is 4.39 Å². The van der Waals surface area contributed by atoms with E-state index in [1.165, 1.54) is 38.2 Å². The summed E-state index contributed by atoms with van der Waals surface area (Å²) < 4.78 is 13.6. The van der Waals surface area contributed by atoms with E-state index in [0.29, 0.717) is 11.1 Å². The minimum Gasteiger partial charge on any atom is -0.206 e. The van der Waals surface area contributed by atoms with Gasteiger partial charge in [-0.05, 0) is 25.0 Å². The number of allylic oxidation sites excluding steroid dienone is 1. The standard InChI is InChI=1S/C17H21F/c1-3-5-6-7-8-9-10-11-16-13-12-15(4-2)14-17(16)18/h2,10-14H,3,5-9H2,1H3/b11-10+. The Morgan fingerprint density at radius 3 is 2.67 bits per heavy atom. The lowest BCUT2D eigenvalue weighted by Crippen LogP contribution is -1.84. The Kier molecular flexibility index (Phi) is 6.87. The number of benzene rings is 1. The highest BCUT2D eigenvalue weighted by Gasteiger charge is 1.98. The summed E-state index contributed by atoms with van der Waals surface area (Å²) in [6.07, 6.45) is 16.4. The van der Waals surface area contributed by atoms with Gasteiger partial charge in [0, 0.05) is 11.1 Å². The van der Waals surface area contributed by atoms with Crippen LogP contribution in [-0.4, -0.2) is 0 Å². The van der Waals surface area contributed by atoms with Gasteiger partial charge in [0.2, 0.25) is 0 Å². The van der Waals surface area contributed by atoms with E-state index in [-0.39, 0.29) is 5.82 Å². The van der Waals surface area contributed by atoms with Gasteiger partial charge >= 0.3 is 0 Å². The molecule has 18 heavy (non-hydrogen) atoms. The minimum absolute atomic E-state index is 0.243. The van der Waals surface area contributed by atoms with E-state index in [1.807, 2.05) is 12.2 Å². The molecule has 0 atom stereocenters. The maximum absolute atomic E-state index is 13.6. The zero-order valence-corrected chi connectivity index (χ0v) is 11.1. The summed E-state index contributed by atoms with van der Waals surface area (Å²) in [6, 6.07) is 4.91. The third-order valence-corrected chi connectivity index (χ3v) is 2.94. The zero-order valence-electron chi connectivity index (χ0n) is 11.1. The van der Waals surface area contributed by atoms with E-state index in [1.54, 1.807) is 12.1 Å². The van der Waals surface area contributed by atoms with Gasteiger partial charge < -0.3 is 0 Å². The summed E-state index contributed by atoms with van der Waals surface area (Å²) >= 11 is 0. The van der Waals surface area contributed by atoms with Gasteiger partial charge in [-0.3, -0.25) is 0 Å². The third-order valence-electron chi connectivity index (χ3n) is 2.94. The van der Waals surface area contributed by atoms with E-state index >= 15 is 0 Å². The molecule has 0 saturated heterocycles. The van der Waals surface area contributed by atoms with Crippen LogP contribution in [0.15, 0.2) is 24.3 Å². The molecule has 0 nitrogen and oxygen atoms in total. The molecule has 1 aromatic rings. The summed E-state index contributed by atoms with van der Waals surface area (Å²) in [6.45, 7) is 2.21. The van der Waals surface area contributed by atoms with Crippen LogP contribution < -0.4 is 0 Å². The molecule has 0 bridgehead atoms. The van der Waals surface area contributed by atoms with Crippen molar-refractivity contribution < 1.29 is 4.39 Å². The maximum Gasteiger partial charge on any atom is 0.131 e. The Balaban J connectivity index is 2.36. The summed E-state index contributed by atoms with van der Waals surface area (Å²) in [4.78, 5) is 0. The van der Waals surface area contributed by atoms with Crippen molar-refractivity contribution in [3.8, 4) is 12.3 Å². The predicted molar refractivity (Wildman–Crippen MR) is 76.7 cm³/mol. The van der Waals surface area contributed by atoms with Crippen molar-refractivity contribution in [1.82, 2.24) is 0 Å². The lowest BCUT2D eigenvalue weighted by atomic mass is 10.1. The van der Waals surface area contributed by atoms with Crippen molar-refractivity contribution in [2.45, 2.75) is 45.4 Å². The molecule has 0 aliphatic carbocycles. The molecule has 96 valence electrons. The van der Waals surface area contributed by atoms with Crippen molar-refractivity contribution in [3.63, 3.8) is 0 Å². The van der Waals surface area contributed by atoms with Crippen LogP contribution in [0, 0.1) is 18.2 Å². The largest absolute Gasteiger partial charge is 0.206 e. The molecule has 1 heteroatoms. The van der Waals surface area contributed by atoms with Gasteiger partial charge in [-0.15, -0.1) is 6.42 Å². The highest BCUT2D eigenvalue weighted by atomic mass is 19.1. The first-order valence-corrected chi connectivity index (χ1v) is 6.70. The van der Waals surface area contributed by atoms with Crippen molar-refractivity contribution in [2.75, 3.05) is 0 Å². The lowest BCUT2D eigenvalue weighted by Gasteiger charge is -1.99. The average molecular weight is 244 g/mol. The van der Waals surface area contributed by atoms with Crippen LogP contribution in [0.4, 0.5) is 4.39 Å². The number of hydrogen-bond acceptors (Lipinski definition) is 0. The Morgan fingerprint density at radius 1 is 1.22 bits per heavy atom. The highest BCUT2D eigenvalue weighted by Crippen LogP contribution is 2.13. The van der Waals surface area contributed by atoms with Crippen LogP contribution in [0.5, 0.6) is 0 Å². The van der Waals surface area contributed by atoms with E-state index in [9.17, 15) is 4.39 Å².